The number of rotatable bonds is 6. The first-order valence-electron chi connectivity index (χ1n) is 7.28. The van der Waals surface area contributed by atoms with Crippen molar-refractivity contribution >= 4 is 11.8 Å². The molecule has 2 rings (SSSR count). The number of nitrogens with one attached hydrogen (secondary N) is 1. The molecule has 0 aliphatic heterocycles. The van der Waals surface area contributed by atoms with Crippen LogP contribution in [0.15, 0.2) is 18.2 Å². The smallest absolute Gasteiger partial charge is 0.251 e. The Kier molecular flexibility index (Phi) is 4.96. The minimum absolute atomic E-state index is 0.0255. The van der Waals surface area contributed by atoms with E-state index in [0.29, 0.717) is 12.1 Å². The van der Waals surface area contributed by atoms with Gasteiger partial charge in [0.2, 0.25) is 5.91 Å². The summed E-state index contributed by atoms with van der Waals surface area (Å²) in [5.74, 6) is -0.380. The lowest BCUT2D eigenvalue weighted by molar-refractivity contribution is -0.131. The Bertz CT molecular complexity index is 538. The average molecular weight is 290 g/mol. The third-order valence-electron chi connectivity index (χ3n) is 3.82. The Hall–Kier alpha value is -1.88. The molecule has 0 spiro atoms. The quantitative estimate of drug-likeness (QED) is 0.821. The van der Waals surface area contributed by atoms with Gasteiger partial charge in [-0.25, -0.2) is 0 Å². The molecule has 1 aliphatic rings. The van der Waals surface area contributed by atoms with Gasteiger partial charge in [-0.3, -0.25) is 9.59 Å². The lowest BCUT2D eigenvalue weighted by Crippen LogP contribution is -2.42. The van der Waals surface area contributed by atoms with Crippen LogP contribution in [-0.2, 0) is 4.79 Å². The molecule has 1 aliphatic carbocycles. The zero-order valence-corrected chi connectivity index (χ0v) is 12.6. The van der Waals surface area contributed by atoms with Gasteiger partial charge in [0, 0.05) is 18.2 Å². The van der Waals surface area contributed by atoms with Gasteiger partial charge in [-0.1, -0.05) is 6.07 Å². The number of carbonyl (C=O) groups is 2. The topological polar surface area (TPSA) is 69.6 Å². The first kappa shape index (κ1) is 15.5. The number of hydrogen-bond acceptors (Lipinski definition) is 3. The highest BCUT2D eigenvalue weighted by molar-refractivity contribution is 5.96. The molecule has 0 heterocycles. The van der Waals surface area contributed by atoms with E-state index in [2.05, 4.69) is 5.32 Å². The van der Waals surface area contributed by atoms with E-state index in [1.807, 2.05) is 26.0 Å². The summed E-state index contributed by atoms with van der Waals surface area (Å²) in [6, 6.07) is 5.72. The fraction of sp³-hybridized carbons (Fsp3) is 0.500. The SMILES string of the molecule is Cc1ccc(C(=O)NCC(=O)N(CCO)C2CC2)cc1C. The Morgan fingerprint density at radius 1 is 1.29 bits per heavy atom. The second-order valence-electron chi connectivity index (χ2n) is 5.52. The van der Waals surface area contributed by atoms with Crippen LogP contribution >= 0.6 is 0 Å². The van der Waals surface area contributed by atoms with E-state index in [-0.39, 0.29) is 31.0 Å². The van der Waals surface area contributed by atoms with Crippen LogP contribution in [0.1, 0.15) is 34.3 Å². The predicted molar refractivity (Wildman–Crippen MR) is 80.1 cm³/mol. The molecule has 5 heteroatoms. The number of amides is 2. The summed E-state index contributed by atoms with van der Waals surface area (Å²) in [4.78, 5) is 25.8. The van der Waals surface area contributed by atoms with Crippen LogP contribution in [0.25, 0.3) is 0 Å². The number of carbonyl (C=O) groups excluding carboxylic acids is 2. The third kappa shape index (κ3) is 4.04. The van der Waals surface area contributed by atoms with Crippen molar-refractivity contribution < 1.29 is 14.7 Å². The van der Waals surface area contributed by atoms with Crippen molar-refractivity contribution in [2.24, 2.45) is 0 Å². The molecule has 0 bridgehead atoms. The van der Waals surface area contributed by atoms with Gasteiger partial charge in [0.15, 0.2) is 0 Å². The first-order valence-corrected chi connectivity index (χ1v) is 7.28. The van der Waals surface area contributed by atoms with Gasteiger partial charge in [-0.05, 0) is 49.9 Å². The molecule has 1 fully saturated rings. The molecule has 1 saturated carbocycles. The van der Waals surface area contributed by atoms with E-state index in [1.165, 1.54) is 0 Å². The molecule has 5 nitrogen and oxygen atoms in total. The molecule has 2 N–H and O–H groups in total. The van der Waals surface area contributed by atoms with Gasteiger partial charge in [0.05, 0.1) is 13.2 Å². The van der Waals surface area contributed by atoms with Crippen molar-refractivity contribution in [3.63, 3.8) is 0 Å². The van der Waals surface area contributed by atoms with E-state index in [4.69, 9.17) is 5.11 Å². The van der Waals surface area contributed by atoms with E-state index in [9.17, 15) is 9.59 Å². The summed E-state index contributed by atoms with van der Waals surface area (Å²) < 4.78 is 0. The Morgan fingerprint density at radius 2 is 2.00 bits per heavy atom. The minimum Gasteiger partial charge on any atom is -0.395 e. The lowest BCUT2D eigenvalue weighted by Gasteiger charge is -2.21. The van der Waals surface area contributed by atoms with Crippen LogP contribution in [0.5, 0.6) is 0 Å². The molecular formula is C16H22N2O3. The molecule has 1 aromatic rings. The molecule has 21 heavy (non-hydrogen) atoms. The standard InChI is InChI=1S/C16H22N2O3/c1-11-3-4-13(9-12(11)2)16(21)17-10-15(20)18(7-8-19)14-5-6-14/h3-4,9,14,19H,5-8,10H2,1-2H3,(H,17,21). The van der Waals surface area contributed by atoms with Crippen LogP contribution < -0.4 is 5.32 Å². The van der Waals surface area contributed by atoms with Crippen molar-refractivity contribution in [1.82, 2.24) is 10.2 Å². The van der Waals surface area contributed by atoms with Crippen LogP contribution in [0.4, 0.5) is 0 Å². The van der Waals surface area contributed by atoms with Gasteiger partial charge in [0.25, 0.3) is 5.91 Å². The summed E-state index contributed by atoms with van der Waals surface area (Å²) in [5, 5.41) is 11.6. The maximum atomic E-state index is 12.1. The number of benzene rings is 1. The highest BCUT2D eigenvalue weighted by atomic mass is 16.3. The van der Waals surface area contributed by atoms with Crippen molar-refractivity contribution in [2.45, 2.75) is 32.7 Å². The fourth-order valence-corrected chi connectivity index (χ4v) is 2.25. The molecule has 0 aromatic heterocycles. The number of hydrogen-bond donors (Lipinski definition) is 2. The second kappa shape index (κ2) is 6.72. The summed E-state index contributed by atoms with van der Waals surface area (Å²) >= 11 is 0. The molecule has 0 unspecified atom stereocenters. The zero-order valence-electron chi connectivity index (χ0n) is 12.6. The number of aliphatic hydroxyl groups excluding tert-OH is 1. The van der Waals surface area contributed by atoms with Crippen molar-refractivity contribution in [2.75, 3.05) is 19.7 Å². The summed E-state index contributed by atoms with van der Waals surface area (Å²) in [6.07, 6.45) is 1.97. The molecule has 0 atom stereocenters. The fourth-order valence-electron chi connectivity index (χ4n) is 2.25. The Balaban J connectivity index is 1.90. The van der Waals surface area contributed by atoms with Gasteiger partial charge in [-0.2, -0.15) is 0 Å². The summed E-state index contributed by atoms with van der Waals surface area (Å²) in [5.41, 5.74) is 2.74. The minimum atomic E-state index is -0.244. The molecule has 114 valence electrons. The zero-order chi connectivity index (χ0) is 15.4. The molecular weight excluding hydrogens is 268 g/mol. The number of aryl methyl sites for hydroxylation is 2. The van der Waals surface area contributed by atoms with Crippen LogP contribution in [0, 0.1) is 13.8 Å². The largest absolute Gasteiger partial charge is 0.395 e. The summed E-state index contributed by atoms with van der Waals surface area (Å²) in [7, 11) is 0. The monoisotopic (exact) mass is 290 g/mol. The lowest BCUT2D eigenvalue weighted by atomic mass is 10.1. The van der Waals surface area contributed by atoms with Gasteiger partial charge in [-0.15, -0.1) is 0 Å². The maximum absolute atomic E-state index is 12.1. The van der Waals surface area contributed by atoms with Gasteiger partial charge < -0.3 is 15.3 Å². The van der Waals surface area contributed by atoms with E-state index in [1.54, 1.807) is 11.0 Å². The average Bonchev–Trinajstić information content (AvgIpc) is 3.29. The normalized spacial score (nSPS) is 13.9. The summed E-state index contributed by atoms with van der Waals surface area (Å²) in [6.45, 7) is 4.20. The predicted octanol–water partition coefficient (Wildman–Crippen LogP) is 1.02. The Labute approximate surface area is 125 Å². The highest BCUT2D eigenvalue weighted by Gasteiger charge is 2.31. The Morgan fingerprint density at radius 3 is 2.57 bits per heavy atom. The highest BCUT2D eigenvalue weighted by Crippen LogP contribution is 2.26. The number of aliphatic hydroxyl groups is 1. The van der Waals surface area contributed by atoms with Crippen LogP contribution in [0.3, 0.4) is 0 Å². The van der Waals surface area contributed by atoms with Gasteiger partial charge >= 0.3 is 0 Å². The van der Waals surface area contributed by atoms with Gasteiger partial charge in [0.1, 0.15) is 0 Å². The molecule has 1 aromatic carbocycles. The molecule has 0 saturated heterocycles. The second-order valence-corrected chi connectivity index (χ2v) is 5.52. The first-order chi connectivity index (χ1) is 10.0. The van der Waals surface area contributed by atoms with E-state index >= 15 is 0 Å². The van der Waals surface area contributed by atoms with E-state index in [0.717, 1.165) is 24.0 Å². The third-order valence-corrected chi connectivity index (χ3v) is 3.82. The van der Waals surface area contributed by atoms with Crippen LogP contribution in [-0.4, -0.2) is 47.6 Å². The number of nitrogens with zero attached hydrogens (tertiary/aromatic N) is 1. The molecule has 2 amide bonds. The van der Waals surface area contributed by atoms with Crippen molar-refractivity contribution in [3.8, 4) is 0 Å². The van der Waals surface area contributed by atoms with Crippen molar-refractivity contribution in [1.29, 1.82) is 0 Å². The maximum Gasteiger partial charge on any atom is 0.251 e. The molecule has 0 radical (unpaired) electrons. The van der Waals surface area contributed by atoms with Crippen molar-refractivity contribution in [3.05, 3.63) is 34.9 Å². The van der Waals surface area contributed by atoms with Crippen LogP contribution in [0.2, 0.25) is 0 Å². The van der Waals surface area contributed by atoms with E-state index < -0.39 is 0 Å².